The Morgan fingerprint density at radius 3 is 2.50 bits per heavy atom. The van der Waals surface area contributed by atoms with Crippen molar-refractivity contribution in [3.63, 3.8) is 0 Å². The van der Waals surface area contributed by atoms with Crippen LogP contribution in [0.15, 0.2) is 36.4 Å². The predicted molar refractivity (Wildman–Crippen MR) is 74.2 cm³/mol. The molecule has 0 unspecified atom stereocenters. The van der Waals surface area contributed by atoms with Gasteiger partial charge in [-0.05, 0) is 43.7 Å². The van der Waals surface area contributed by atoms with Crippen LogP contribution in [0.4, 0.5) is 4.39 Å². The van der Waals surface area contributed by atoms with E-state index in [0.29, 0.717) is 11.5 Å². The Morgan fingerprint density at radius 1 is 1.10 bits per heavy atom. The fourth-order valence-electron chi connectivity index (χ4n) is 1.91. The Labute approximate surface area is 117 Å². The van der Waals surface area contributed by atoms with Gasteiger partial charge in [0.05, 0.1) is 12.7 Å². The zero-order valence-corrected chi connectivity index (χ0v) is 11.6. The number of Topliss-reactive ketones (excluding diaryl/α,β-unsaturated/α-hetero) is 1. The summed E-state index contributed by atoms with van der Waals surface area (Å²) in [6.07, 6.45) is 0. The van der Waals surface area contributed by atoms with Gasteiger partial charge in [-0.15, -0.1) is 0 Å². The Morgan fingerprint density at radius 2 is 1.85 bits per heavy atom. The summed E-state index contributed by atoms with van der Waals surface area (Å²) in [4.78, 5) is 11.5. The molecule has 0 N–H and O–H groups in total. The molecule has 0 saturated carbocycles. The van der Waals surface area contributed by atoms with Gasteiger partial charge in [-0.25, -0.2) is 4.39 Å². The van der Waals surface area contributed by atoms with Crippen LogP contribution in [0.5, 0.6) is 17.2 Å². The van der Waals surface area contributed by atoms with Gasteiger partial charge in [-0.2, -0.15) is 0 Å². The zero-order valence-electron chi connectivity index (χ0n) is 11.6. The van der Waals surface area contributed by atoms with Crippen LogP contribution >= 0.6 is 0 Å². The van der Waals surface area contributed by atoms with Crippen molar-refractivity contribution >= 4 is 5.78 Å². The molecular weight excluding hydrogens is 259 g/mol. The quantitative estimate of drug-likeness (QED) is 0.786. The Balaban J connectivity index is 2.45. The monoisotopic (exact) mass is 274 g/mol. The molecule has 20 heavy (non-hydrogen) atoms. The topological polar surface area (TPSA) is 35.5 Å². The average Bonchev–Trinajstić information content (AvgIpc) is 2.40. The van der Waals surface area contributed by atoms with Crippen LogP contribution in [0, 0.1) is 12.7 Å². The lowest BCUT2D eigenvalue weighted by molar-refractivity contribution is 0.101. The highest BCUT2D eigenvalue weighted by Gasteiger charge is 2.16. The van der Waals surface area contributed by atoms with E-state index in [2.05, 4.69) is 0 Å². The van der Waals surface area contributed by atoms with E-state index >= 15 is 0 Å². The summed E-state index contributed by atoms with van der Waals surface area (Å²) in [7, 11) is 1.53. The lowest BCUT2D eigenvalue weighted by atomic mass is 10.1. The van der Waals surface area contributed by atoms with E-state index in [1.165, 1.54) is 26.2 Å². The number of rotatable bonds is 4. The van der Waals surface area contributed by atoms with Crippen LogP contribution in [0.2, 0.25) is 0 Å². The molecule has 3 nitrogen and oxygen atoms in total. The molecule has 0 bridgehead atoms. The molecule has 2 rings (SSSR count). The number of ether oxygens (including phenoxy) is 2. The fourth-order valence-corrected chi connectivity index (χ4v) is 1.91. The van der Waals surface area contributed by atoms with Gasteiger partial charge < -0.3 is 9.47 Å². The number of ketones is 1. The average molecular weight is 274 g/mol. The van der Waals surface area contributed by atoms with Gasteiger partial charge in [-0.1, -0.05) is 12.1 Å². The van der Waals surface area contributed by atoms with Gasteiger partial charge in [0, 0.05) is 0 Å². The molecule has 0 saturated heterocycles. The number of benzene rings is 2. The Kier molecular flexibility index (Phi) is 4.03. The highest BCUT2D eigenvalue weighted by molar-refractivity contribution is 5.97. The second-order valence-electron chi connectivity index (χ2n) is 4.43. The Bertz CT molecular complexity index is 650. The normalized spacial score (nSPS) is 10.2. The number of halogens is 1. The number of carbonyl (C=O) groups is 1. The SMILES string of the molecule is COc1cc(C)ccc1Oc1cccc(F)c1C(C)=O. The molecular formula is C16H15FO3. The summed E-state index contributed by atoms with van der Waals surface area (Å²) in [5.41, 5.74) is 0.954. The minimum Gasteiger partial charge on any atom is -0.493 e. The summed E-state index contributed by atoms with van der Waals surface area (Å²) < 4.78 is 24.6. The molecule has 0 fully saturated rings. The van der Waals surface area contributed by atoms with Gasteiger partial charge >= 0.3 is 0 Å². The first-order valence-corrected chi connectivity index (χ1v) is 6.15. The van der Waals surface area contributed by atoms with Crippen LogP contribution in [0.1, 0.15) is 22.8 Å². The van der Waals surface area contributed by atoms with Crippen LogP contribution in [-0.4, -0.2) is 12.9 Å². The molecule has 0 heterocycles. The zero-order chi connectivity index (χ0) is 14.7. The molecule has 2 aromatic rings. The van der Waals surface area contributed by atoms with Crippen molar-refractivity contribution in [3.8, 4) is 17.2 Å². The van der Waals surface area contributed by atoms with Gasteiger partial charge in [0.2, 0.25) is 0 Å². The van der Waals surface area contributed by atoms with Gasteiger partial charge in [0.1, 0.15) is 11.6 Å². The summed E-state index contributed by atoms with van der Waals surface area (Å²) in [5, 5.41) is 0. The summed E-state index contributed by atoms with van der Waals surface area (Å²) in [6, 6.07) is 9.67. The Hall–Kier alpha value is -2.36. The predicted octanol–water partition coefficient (Wildman–Crippen LogP) is 4.14. The molecule has 0 aliphatic rings. The minimum atomic E-state index is -0.596. The smallest absolute Gasteiger partial charge is 0.169 e. The lowest BCUT2D eigenvalue weighted by Crippen LogP contribution is -2.01. The third-order valence-corrected chi connectivity index (χ3v) is 2.87. The van der Waals surface area contributed by atoms with Crippen LogP contribution in [0.25, 0.3) is 0 Å². The number of aryl methyl sites for hydroxylation is 1. The third-order valence-electron chi connectivity index (χ3n) is 2.87. The van der Waals surface area contributed by atoms with E-state index in [1.54, 1.807) is 12.1 Å². The second kappa shape index (κ2) is 5.74. The highest BCUT2D eigenvalue weighted by atomic mass is 19.1. The molecule has 0 spiro atoms. The van der Waals surface area contributed by atoms with Crippen LogP contribution in [-0.2, 0) is 0 Å². The number of methoxy groups -OCH3 is 1. The molecule has 4 heteroatoms. The minimum absolute atomic E-state index is 0.0601. The molecule has 0 aliphatic carbocycles. The molecule has 2 aromatic carbocycles. The van der Waals surface area contributed by atoms with Crippen LogP contribution < -0.4 is 9.47 Å². The summed E-state index contributed by atoms with van der Waals surface area (Å²) in [6.45, 7) is 3.23. The molecule has 0 aromatic heterocycles. The first-order chi connectivity index (χ1) is 9.52. The van der Waals surface area contributed by atoms with Crippen molar-refractivity contribution in [1.29, 1.82) is 0 Å². The van der Waals surface area contributed by atoms with E-state index < -0.39 is 5.82 Å². The molecule has 104 valence electrons. The summed E-state index contributed by atoms with van der Waals surface area (Å²) >= 11 is 0. The van der Waals surface area contributed by atoms with Gasteiger partial charge in [-0.3, -0.25) is 4.79 Å². The van der Waals surface area contributed by atoms with Crippen LogP contribution in [0.3, 0.4) is 0 Å². The largest absolute Gasteiger partial charge is 0.493 e. The highest BCUT2D eigenvalue weighted by Crippen LogP contribution is 2.34. The second-order valence-corrected chi connectivity index (χ2v) is 4.43. The fraction of sp³-hybridized carbons (Fsp3) is 0.188. The standard InChI is InChI=1S/C16H15FO3/c1-10-7-8-13(15(9-10)19-3)20-14-6-4-5-12(17)16(14)11(2)18/h4-9H,1-3H3. The first-order valence-electron chi connectivity index (χ1n) is 6.15. The lowest BCUT2D eigenvalue weighted by Gasteiger charge is -2.13. The maximum absolute atomic E-state index is 13.7. The van der Waals surface area contributed by atoms with E-state index in [0.717, 1.165) is 5.56 Å². The van der Waals surface area contributed by atoms with Gasteiger partial charge in [0.25, 0.3) is 0 Å². The third kappa shape index (κ3) is 2.79. The number of hydrogen-bond donors (Lipinski definition) is 0. The molecule has 0 atom stereocenters. The number of carbonyl (C=O) groups excluding carboxylic acids is 1. The maximum atomic E-state index is 13.7. The van der Waals surface area contributed by atoms with E-state index in [9.17, 15) is 9.18 Å². The van der Waals surface area contributed by atoms with Crippen molar-refractivity contribution in [2.45, 2.75) is 13.8 Å². The molecule has 0 aliphatic heterocycles. The van der Waals surface area contributed by atoms with E-state index in [1.807, 2.05) is 19.1 Å². The molecule has 0 radical (unpaired) electrons. The maximum Gasteiger partial charge on any atom is 0.169 e. The van der Waals surface area contributed by atoms with Gasteiger partial charge in [0.15, 0.2) is 17.3 Å². The van der Waals surface area contributed by atoms with Crippen molar-refractivity contribution in [3.05, 3.63) is 53.3 Å². The van der Waals surface area contributed by atoms with Crippen molar-refractivity contribution < 1.29 is 18.7 Å². The van der Waals surface area contributed by atoms with Crippen molar-refractivity contribution in [1.82, 2.24) is 0 Å². The summed E-state index contributed by atoms with van der Waals surface area (Å²) in [5.74, 6) is 0.167. The number of hydrogen-bond acceptors (Lipinski definition) is 3. The molecule has 0 amide bonds. The first kappa shape index (κ1) is 14.1. The van der Waals surface area contributed by atoms with Crippen molar-refractivity contribution in [2.24, 2.45) is 0 Å². The van der Waals surface area contributed by atoms with Crippen molar-refractivity contribution in [2.75, 3.05) is 7.11 Å². The van der Waals surface area contributed by atoms with E-state index in [4.69, 9.17) is 9.47 Å². The van der Waals surface area contributed by atoms with E-state index in [-0.39, 0.29) is 17.1 Å².